The van der Waals surface area contributed by atoms with Gasteiger partial charge >= 0.3 is 0 Å². The van der Waals surface area contributed by atoms with Gasteiger partial charge in [0.2, 0.25) is 0 Å². The van der Waals surface area contributed by atoms with E-state index in [1.807, 2.05) is 24.3 Å². The molecule has 2 aromatic heterocycles. The van der Waals surface area contributed by atoms with Crippen molar-refractivity contribution in [1.82, 2.24) is 15.3 Å². The van der Waals surface area contributed by atoms with Gasteiger partial charge in [-0.2, -0.15) is 10.5 Å². The SMILES string of the molecule is N#C/C(=C/c1ccccn1)N/C(C#N)=C/c1ccccn1. The number of nitrogens with one attached hydrogen (secondary N) is 1. The van der Waals surface area contributed by atoms with Gasteiger partial charge in [-0.25, -0.2) is 0 Å². The zero-order chi connectivity index (χ0) is 14.9. The van der Waals surface area contributed by atoms with Crippen LogP contribution in [0.1, 0.15) is 11.4 Å². The van der Waals surface area contributed by atoms with Crippen LogP contribution >= 0.6 is 0 Å². The van der Waals surface area contributed by atoms with E-state index >= 15 is 0 Å². The van der Waals surface area contributed by atoms with E-state index in [4.69, 9.17) is 10.5 Å². The molecule has 0 bridgehead atoms. The first-order chi connectivity index (χ1) is 10.3. The lowest BCUT2D eigenvalue weighted by Gasteiger charge is -2.02. The number of nitriles is 2. The largest absolute Gasteiger partial charge is 0.338 e. The maximum absolute atomic E-state index is 9.14. The van der Waals surface area contributed by atoms with Crippen LogP contribution < -0.4 is 5.32 Å². The molecule has 100 valence electrons. The summed E-state index contributed by atoms with van der Waals surface area (Å²) in [6.45, 7) is 0. The highest BCUT2D eigenvalue weighted by Gasteiger charge is 2.01. The Morgan fingerprint density at radius 3 is 1.67 bits per heavy atom. The Kier molecular flexibility index (Phi) is 4.81. The summed E-state index contributed by atoms with van der Waals surface area (Å²) >= 11 is 0. The Hall–Kier alpha value is -3.44. The fourth-order valence-corrected chi connectivity index (χ4v) is 1.56. The first kappa shape index (κ1) is 14.0. The van der Waals surface area contributed by atoms with E-state index in [0.717, 1.165) is 0 Å². The third-order valence-corrected chi connectivity index (χ3v) is 2.47. The lowest BCUT2D eigenvalue weighted by molar-refractivity contribution is 1.07. The fourth-order valence-electron chi connectivity index (χ4n) is 1.56. The van der Waals surface area contributed by atoms with Crippen molar-refractivity contribution in [3.05, 3.63) is 71.6 Å². The molecule has 21 heavy (non-hydrogen) atoms. The molecule has 1 N–H and O–H groups in total. The van der Waals surface area contributed by atoms with E-state index in [-0.39, 0.29) is 11.4 Å². The van der Waals surface area contributed by atoms with Crippen molar-refractivity contribution in [1.29, 1.82) is 10.5 Å². The molecule has 0 spiro atoms. The van der Waals surface area contributed by atoms with Crippen LogP contribution in [-0.2, 0) is 0 Å². The van der Waals surface area contributed by atoms with Crippen LogP contribution in [0.25, 0.3) is 12.2 Å². The normalized spacial score (nSPS) is 11.3. The van der Waals surface area contributed by atoms with Gasteiger partial charge in [0.15, 0.2) is 0 Å². The van der Waals surface area contributed by atoms with Gasteiger partial charge in [-0.15, -0.1) is 0 Å². The average molecular weight is 273 g/mol. The molecule has 0 saturated heterocycles. The highest BCUT2D eigenvalue weighted by atomic mass is 14.9. The van der Waals surface area contributed by atoms with Crippen molar-refractivity contribution in [2.45, 2.75) is 0 Å². The summed E-state index contributed by atoms with van der Waals surface area (Å²) in [6.07, 6.45) is 6.42. The molecule has 2 heterocycles. The number of nitrogens with zero attached hydrogens (tertiary/aromatic N) is 4. The first-order valence-electron chi connectivity index (χ1n) is 6.14. The van der Waals surface area contributed by atoms with Crippen molar-refractivity contribution < 1.29 is 0 Å². The first-order valence-corrected chi connectivity index (χ1v) is 6.14. The maximum atomic E-state index is 9.14. The molecule has 2 rings (SSSR count). The van der Waals surface area contributed by atoms with Crippen molar-refractivity contribution in [3.8, 4) is 12.1 Å². The molecule has 0 radical (unpaired) electrons. The summed E-state index contributed by atoms with van der Waals surface area (Å²) in [6, 6.07) is 14.8. The third kappa shape index (κ3) is 4.30. The summed E-state index contributed by atoms with van der Waals surface area (Å²) in [7, 11) is 0. The molecule has 0 aliphatic carbocycles. The van der Waals surface area contributed by atoms with Crippen LogP contribution in [0, 0.1) is 22.7 Å². The molecular formula is C16H11N5. The van der Waals surface area contributed by atoms with Crippen LogP contribution in [0.4, 0.5) is 0 Å². The molecule has 0 aliphatic heterocycles. The van der Waals surface area contributed by atoms with Gasteiger partial charge in [0.1, 0.15) is 23.5 Å². The highest BCUT2D eigenvalue weighted by Crippen LogP contribution is 2.05. The molecule has 0 aliphatic rings. The standard InChI is InChI=1S/C16H11N5/c17-11-15(9-13-5-1-3-7-19-13)21-16(12-18)10-14-6-2-4-8-20-14/h1-10,21H/b15-9-,16-10+. The van der Waals surface area contributed by atoms with Crippen LogP contribution in [0.2, 0.25) is 0 Å². The Balaban J connectivity index is 2.22. The number of hydrogen-bond acceptors (Lipinski definition) is 5. The Labute approximate surface area is 122 Å². The molecule has 2 aromatic rings. The minimum Gasteiger partial charge on any atom is -0.338 e. The molecular weight excluding hydrogens is 262 g/mol. The van der Waals surface area contributed by atoms with Crippen molar-refractivity contribution in [2.75, 3.05) is 0 Å². The maximum Gasteiger partial charge on any atom is 0.120 e. The van der Waals surface area contributed by atoms with Crippen molar-refractivity contribution in [3.63, 3.8) is 0 Å². The second-order valence-electron chi connectivity index (χ2n) is 3.97. The molecule has 0 unspecified atom stereocenters. The Bertz CT molecular complexity index is 668. The molecule has 0 atom stereocenters. The van der Waals surface area contributed by atoms with Crippen LogP contribution in [-0.4, -0.2) is 9.97 Å². The second kappa shape index (κ2) is 7.22. The zero-order valence-corrected chi connectivity index (χ0v) is 11.1. The quantitative estimate of drug-likeness (QED) is 0.865. The summed E-state index contributed by atoms with van der Waals surface area (Å²) in [5.41, 5.74) is 1.74. The lowest BCUT2D eigenvalue weighted by Crippen LogP contribution is -2.10. The molecule has 0 saturated carbocycles. The van der Waals surface area contributed by atoms with Crippen LogP contribution in [0.5, 0.6) is 0 Å². The van der Waals surface area contributed by atoms with Gasteiger partial charge in [0, 0.05) is 12.4 Å². The van der Waals surface area contributed by atoms with Gasteiger partial charge in [0.05, 0.1) is 11.4 Å². The summed E-state index contributed by atoms with van der Waals surface area (Å²) < 4.78 is 0. The predicted molar refractivity (Wildman–Crippen MR) is 78.8 cm³/mol. The van der Waals surface area contributed by atoms with E-state index in [9.17, 15) is 0 Å². The average Bonchev–Trinajstić information content (AvgIpc) is 2.55. The minimum absolute atomic E-state index is 0.234. The fraction of sp³-hybridized carbons (Fsp3) is 0. The number of rotatable bonds is 4. The number of pyridine rings is 2. The number of hydrogen-bond donors (Lipinski definition) is 1. The van der Waals surface area contributed by atoms with Crippen LogP contribution in [0.3, 0.4) is 0 Å². The lowest BCUT2D eigenvalue weighted by atomic mass is 10.2. The number of aromatic nitrogens is 2. The van der Waals surface area contributed by atoms with Gasteiger partial charge in [-0.1, -0.05) is 12.1 Å². The highest BCUT2D eigenvalue weighted by molar-refractivity contribution is 5.58. The second-order valence-corrected chi connectivity index (χ2v) is 3.97. The summed E-state index contributed by atoms with van der Waals surface area (Å²) in [5, 5.41) is 21.0. The van der Waals surface area contributed by atoms with Gasteiger partial charge in [0.25, 0.3) is 0 Å². The smallest absolute Gasteiger partial charge is 0.120 e. The van der Waals surface area contributed by atoms with E-state index in [0.29, 0.717) is 11.4 Å². The number of allylic oxidation sites excluding steroid dienone is 2. The molecule has 0 amide bonds. The van der Waals surface area contributed by atoms with Gasteiger partial charge in [-0.05, 0) is 36.4 Å². The summed E-state index contributed by atoms with van der Waals surface area (Å²) in [4.78, 5) is 8.20. The van der Waals surface area contributed by atoms with Crippen molar-refractivity contribution in [2.24, 2.45) is 0 Å². The Morgan fingerprint density at radius 2 is 1.33 bits per heavy atom. The van der Waals surface area contributed by atoms with Crippen LogP contribution in [0.15, 0.2) is 60.2 Å². The third-order valence-electron chi connectivity index (χ3n) is 2.47. The predicted octanol–water partition coefficient (Wildman–Crippen LogP) is 2.50. The van der Waals surface area contributed by atoms with E-state index < -0.39 is 0 Å². The molecule has 0 aromatic carbocycles. The van der Waals surface area contributed by atoms with E-state index in [2.05, 4.69) is 15.3 Å². The Morgan fingerprint density at radius 1 is 0.857 bits per heavy atom. The van der Waals surface area contributed by atoms with E-state index in [1.165, 1.54) is 0 Å². The molecule has 5 nitrogen and oxygen atoms in total. The minimum atomic E-state index is 0.234. The van der Waals surface area contributed by atoms with Crippen molar-refractivity contribution >= 4 is 12.2 Å². The zero-order valence-electron chi connectivity index (χ0n) is 11.1. The monoisotopic (exact) mass is 273 g/mol. The molecule has 5 heteroatoms. The topological polar surface area (TPSA) is 85.4 Å². The summed E-state index contributed by atoms with van der Waals surface area (Å²) in [5.74, 6) is 0. The molecule has 0 fully saturated rings. The van der Waals surface area contributed by atoms with Gasteiger partial charge < -0.3 is 5.32 Å². The van der Waals surface area contributed by atoms with E-state index in [1.54, 1.807) is 48.8 Å². The van der Waals surface area contributed by atoms with Gasteiger partial charge in [-0.3, -0.25) is 9.97 Å².